The molecule has 2 amide bonds. The summed E-state index contributed by atoms with van der Waals surface area (Å²) in [6.07, 6.45) is 10.6. The minimum atomic E-state index is -1.04. The number of carbonyl (C=O) groups is 2. The van der Waals surface area contributed by atoms with Gasteiger partial charge in [0.25, 0.3) is 0 Å². The largest absolute Gasteiger partial charge is 0.480 e. The van der Waals surface area contributed by atoms with E-state index >= 15 is 0 Å². The molecule has 1 aliphatic rings. The van der Waals surface area contributed by atoms with Crippen LogP contribution in [0.4, 0.5) is 4.79 Å². The third kappa shape index (κ3) is 4.44. The van der Waals surface area contributed by atoms with E-state index in [-0.39, 0.29) is 25.2 Å². The van der Waals surface area contributed by atoms with Gasteiger partial charge in [-0.2, -0.15) is 0 Å². The molecule has 0 aromatic heterocycles. The molecule has 0 spiro atoms. The van der Waals surface area contributed by atoms with Crippen molar-refractivity contribution in [2.45, 2.75) is 45.1 Å². The minimum Gasteiger partial charge on any atom is -0.480 e. The normalized spacial score (nSPS) is 21.9. The van der Waals surface area contributed by atoms with E-state index in [1.54, 1.807) is 11.9 Å². The summed E-state index contributed by atoms with van der Waals surface area (Å²) in [4.78, 5) is 26.0. The average Bonchev–Trinajstić information content (AvgIpc) is 2.45. The van der Waals surface area contributed by atoms with Crippen molar-refractivity contribution < 1.29 is 14.7 Å². The molecule has 0 unspecified atom stereocenters. The Labute approximate surface area is 120 Å². The van der Waals surface area contributed by atoms with Crippen molar-refractivity contribution in [2.24, 2.45) is 5.92 Å². The monoisotopic (exact) mass is 280 g/mol. The zero-order chi connectivity index (χ0) is 15.1. The molecule has 5 nitrogen and oxygen atoms in total. The first-order valence-electron chi connectivity index (χ1n) is 7.16. The van der Waals surface area contributed by atoms with Crippen LogP contribution in [-0.4, -0.2) is 53.1 Å². The number of hydrogen-bond acceptors (Lipinski definition) is 2. The molecule has 0 saturated heterocycles. The minimum absolute atomic E-state index is 0.0276. The van der Waals surface area contributed by atoms with Crippen LogP contribution in [0.25, 0.3) is 0 Å². The maximum absolute atomic E-state index is 12.3. The van der Waals surface area contributed by atoms with Crippen LogP contribution in [0.3, 0.4) is 0 Å². The maximum Gasteiger partial charge on any atom is 0.323 e. The Hall–Kier alpha value is -1.70. The Morgan fingerprint density at radius 3 is 2.35 bits per heavy atom. The van der Waals surface area contributed by atoms with Crippen LogP contribution in [0.15, 0.2) is 0 Å². The van der Waals surface area contributed by atoms with Gasteiger partial charge in [0, 0.05) is 13.1 Å². The summed E-state index contributed by atoms with van der Waals surface area (Å²) in [5.41, 5.74) is 0. The van der Waals surface area contributed by atoms with Crippen molar-refractivity contribution in [2.75, 3.05) is 20.1 Å². The van der Waals surface area contributed by atoms with Gasteiger partial charge >= 0.3 is 12.0 Å². The molecule has 0 bridgehead atoms. The standard InChI is InChI=1S/C15H24N2O3/c1-4-10-17(11-14(18)19)15(20)16(3)13-8-6-12(5-2)7-9-13/h1,12-13H,5-11H2,2-3H3,(H,18,19). The predicted octanol–water partition coefficient (Wildman–Crippen LogP) is 2.03. The Morgan fingerprint density at radius 1 is 1.30 bits per heavy atom. The third-order valence-electron chi connectivity index (χ3n) is 4.12. The van der Waals surface area contributed by atoms with E-state index < -0.39 is 5.97 Å². The van der Waals surface area contributed by atoms with Crippen molar-refractivity contribution in [1.82, 2.24) is 9.80 Å². The summed E-state index contributed by atoms with van der Waals surface area (Å²) >= 11 is 0. The van der Waals surface area contributed by atoms with Crippen molar-refractivity contribution >= 4 is 12.0 Å². The summed E-state index contributed by atoms with van der Waals surface area (Å²) in [7, 11) is 1.74. The lowest BCUT2D eigenvalue weighted by Crippen LogP contribution is -2.48. The Kier molecular flexibility index (Phi) is 6.37. The summed E-state index contributed by atoms with van der Waals surface area (Å²) < 4.78 is 0. The van der Waals surface area contributed by atoms with Gasteiger partial charge in [-0.1, -0.05) is 19.3 Å². The van der Waals surface area contributed by atoms with Gasteiger partial charge in [-0.3, -0.25) is 4.79 Å². The van der Waals surface area contributed by atoms with Crippen molar-refractivity contribution in [3.05, 3.63) is 0 Å². The number of carboxylic acid groups (broad SMARTS) is 1. The van der Waals surface area contributed by atoms with E-state index in [0.717, 1.165) is 31.6 Å². The molecule has 0 heterocycles. The first kappa shape index (κ1) is 16.4. The Bertz CT molecular complexity index is 381. The fraction of sp³-hybridized carbons (Fsp3) is 0.733. The number of carboxylic acids is 1. The van der Waals surface area contributed by atoms with Crippen LogP contribution in [0.1, 0.15) is 39.0 Å². The van der Waals surface area contributed by atoms with Gasteiger partial charge in [-0.05, 0) is 31.6 Å². The first-order chi connectivity index (χ1) is 9.49. The number of terminal acetylenes is 1. The van der Waals surface area contributed by atoms with E-state index in [1.165, 1.54) is 11.3 Å². The highest BCUT2D eigenvalue weighted by atomic mass is 16.4. The summed E-state index contributed by atoms with van der Waals surface area (Å²) in [6, 6.07) is -0.0929. The number of nitrogens with zero attached hydrogens (tertiary/aromatic N) is 2. The quantitative estimate of drug-likeness (QED) is 0.784. The molecule has 1 saturated carbocycles. The topological polar surface area (TPSA) is 60.9 Å². The molecule has 0 aromatic carbocycles. The molecule has 5 heteroatoms. The molecule has 1 rings (SSSR count). The number of hydrogen-bond donors (Lipinski definition) is 1. The molecule has 0 aliphatic heterocycles. The maximum atomic E-state index is 12.3. The fourth-order valence-corrected chi connectivity index (χ4v) is 2.78. The van der Waals surface area contributed by atoms with Gasteiger partial charge < -0.3 is 14.9 Å². The smallest absolute Gasteiger partial charge is 0.323 e. The number of urea groups is 1. The first-order valence-corrected chi connectivity index (χ1v) is 7.16. The van der Waals surface area contributed by atoms with Crippen LogP contribution >= 0.6 is 0 Å². The second-order valence-corrected chi connectivity index (χ2v) is 5.43. The lowest BCUT2D eigenvalue weighted by atomic mass is 9.84. The molecule has 20 heavy (non-hydrogen) atoms. The molecule has 112 valence electrons. The molecule has 0 aromatic rings. The van der Waals surface area contributed by atoms with E-state index in [1.807, 2.05) is 0 Å². The van der Waals surface area contributed by atoms with Crippen molar-refractivity contribution in [3.8, 4) is 12.3 Å². The van der Waals surface area contributed by atoms with Crippen LogP contribution < -0.4 is 0 Å². The highest BCUT2D eigenvalue weighted by molar-refractivity contribution is 5.80. The predicted molar refractivity (Wildman–Crippen MR) is 77.2 cm³/mol. The lowest BCUT2D eigenvalue weighted by Gasteiger charge is -2.36. The lowest BCUT2D eigenvalue weighted by molar-refractivity contribution is -0.137. The summed E-state index contributed by atoms with van der Waals surface area (Å²) in [5.74, 6) is 2.06. The second kappa shape index (κ2) is 7.78. The summed E-state index contributed by atoms with van der Waals surface area (Å²) in [6.45, 7) is 1.87. The van der Waals surface area contributed by atoms with Crippen molar-refractivity contribution in [3.63, 3.8) is 0 Å². The van der Waals surface area contributed by atoms with Gasteiger partial charge in [0.2, 0.25) is 0 Å². The number of aliphatic carboxylic acids is 1. The van der Waals surface area contributed by atoms with E-state index in [0.29, 0.717) is 0 Å². The Morgan fingerprint density at radius 2 is 1.90 bits per heavy atom. The molecule has 1 N–H and O–H groups in total. The molecule has 1 aliphatic carbocycles. The number of rotatable bonds is 5. The number of amides is 2. The van der Waals surface area contributed by atoms with Crippen LogP contribution in [-0.2, 0) is 4.79 Å². The molecule has 0 atom stereocenters. The van der Waals surface area contributed by atoms with Crippen molar-refractivity contribution in [1.29, 1.82) is 0 Å². The average molecular weight is 280 g/mol. The van der Waals surface area contributed by atoms with Crippen LogP contribution in [0, 0.1) is 18.3 Å². The van der Waals surface area contributed by atoms with E-state index in [2.05, 4.69) is 12.8 Å². The van der Waals surface area contributed by atoms with Crippen LogP contribution in [0.2, 0.25) is 0 Å². The third-order valence-corrected chi connectivity index (χ3v) is 4.12. The molecule has 1 fully saturated rings. The fourth-order valence-electron chi connectivity index (χ4n) is 2.78. The van der Waals surface area contributed by atoms with Gasteiger partial charge in [0.05, 0.1) is 6.54 Å². The SMILES string of the molecule is C#CCN(CC(=O)O)C(=O)N(C)C1CCC(CC)CC1. The van der Waals surface area contributed by atoms with Crippen LogP contribution in [0.5, 0.6) is 0 Å². The van der Waals surface area contributed by atoms with Gasteiger partial charge in [-0.25, -0.2) is 4.79 Å². The van der Waals surface area contributed by atoms with Gasteiger partial charge in [0.15, 0.2) is 0 Å². The van der Waals surface area contributed by atoms with E-state index in [4.69, 9.17) is 11.5 Å². The van der Waals surface area contributed by atoms with Gasteiger partial charge in [0.1, 0.15) is 6.54 Å². The highest BCUT2D eigenvalue weighted by Gasteiger charge is 2.28. The molecular formula is C15H24N2O3. The zero-order valence-corrected chi connectivity index (χ0v) is 12.3. The van der Waals surface area contributed by atoms with E-state index in [9.17, 15) is 9.59 Å². The Balaban J connectivity index is 2.60. The molecular weight excluding hydrogens is 256 g/mol. The summed E-state index contributed by atoms with van der Waals surface area (Å²) in [5, 5.41) is 8.84. The highest BCUT2D eigenvalue weighted by Crippen LogP contribution is 2.29. The molecule has 0 radical (unpaired) electrons. The van der Waals surface area contributed by atoms with Gasteiger partial charge in [-0.15, -0.1) is 6.42 Å². The number of carbonyl (C=O) groups excluding carboxylic acids is 1. The second-order valence-electron chi connectivity index (χ2n) is 5.43. The zero-order valence-electron chi connectivity index (χ0n) is 12.3.